The first kappa shape index (κ1) is 14.0. The predicted molar refractivity (Wildman–Crippen MR) is 85.0 cm³/mol. The van der Waals surface area contributed by atoms with E-state index in [0.29, 0.717) is 26.4 Å². The van der Waals surface area contributed by atoms with Gasteiger partial charge in [0, 0.05) is 11.6 Å². The number of nitrogens with zero attached hydrogens (tertiary/aromatic N) is 2. The normalized spacial score (nSPS) is 10.8. The van der Waals surface area contributed by atoms with Gasteiger partial charge in [-0.2, -0.15) is 5.10 Å². The summed E-state index contributed by atoms with van der Waals surface area (Å²) < 4.78 is 2.13. The highest BCUT2D eigenvalue weighted by atomic mass is 79.9. The maximum absolute atomic E-state index is 10.1. The lowest BCUT2D eigenvalue weighted by atomic mass is 10.1. The van der Waals surface area contributed by atoms with E-state index in [4.69, 9.17) is 11.6 Å². The van der Waals surface area contributed by atoms with Crippen molar-refractivity contribution >= 4 is 27.5 Å². The van der Waals surface area contributed by atoms with Crippen molar-refractivity contribution in [2.24, 2.45) is 0 Å². The van der Waals surface area contributed by atoms with Crippen LogP contribution in [0.3, 0.4) is 0 Å². The minimum Gasteiger partial charge on any atom is -0.507 e. The molecule has 0 saturated carbocycles. The highest BCUT2D eigenvalue weighted by Crippen LogP contribution is 2.38. The molecule has 0 amide bonds. The summed E-state index contributed by atoms with van der Waals surface area (Å²) in [5.74, 6) is -0.0652. The van der Waals surface area contributed by atoms with E-state index in [2.05, 4.69) is 21.0 Å². The van der Waals surface area contributed by atoms with Gasteiger partial charge in [0.1, 0.15) is 11.5 Å². The average Bonchev–Trinajstić information content (AvgIpc) is 2.92. The molecular weight excluding hydrogens is 356 g/mol. The first-order chi connectivity index (χ1) is 10.1. The number of hydrogen-bond donors (Lipinski definition) is 2. The van der Waals surface area contributed by atoms with Crippen molar-refractivity contribution < 1.29 is 10.2 Å². The van der Waals surface area contributed by atoms with E-state index in [1.165, 1.54) is 6.07 Å². The van der Waals surface area contributed by atoms with E-state index >= 15 is 0 Å². The van der Waals surface area contributed by atoms with Crippen molar-refractivity contribution in [3.8, 4) is 28.4 Å². The monoisotopic (exact) mass is 364 g/mol. The van der Waals surface area contributed by atoms with E-state index in [1.54, 1.807) is 29.1 Å². The second-order valence-corrected chi connectivity index (χ2v) is 5.66. The third-order valence-corrected chi connectivity index (χ3v) is 4.02. The zero-order valence-electron chi connectivity index (χ0n) is 10.7. The van der Waals surface area contributed by atoms with Crippen LogP contribution in [-0.4, -0.2) is 20.0 Å². The first-order valence-corrected chi connectivity index (χ1v) is 7.26. The van der Waals surface area contributed by atoms with Gasteiger partial charge in [0.25, 0.3) is 0 Å². The predicted octanol–water partition coefficient (Wildman–Crippen LogP) is 4.37. The van der Waals surface area contributed by atoms with Crippen LogP contribution in [0.15, 0.2) is 53.1 Å². The molecule has 0 radical (unpaired) electrons. The number of aromatic hydroxyl groups is 2. The highest BCUT2D eigenvalue weighted by Gasteiger charge is 2.15. The Morgan fingerprint density at radius 1 is 1.05 bits per heavy atom. The summed E-state index contributed by atoms with van der Waals surface area (Å²) in [7, 11) is 0. The van der Waals surface area contributed by atoms with Gasteiger partial charge < -0.3 is 10.2 Å². The average molecular weight is 366 g/mol. The Morgan fingerprint density at radius 3 is 2.57 bits per heavy atom. The molecule has 3 rings (SSSR count). The molecule has 1 aromatic heterocycles. The third kappa shape index (κ3) is 2.50. The molecule has 6 heteroatoms. The molecule has 0 aliphatic heterocycles. The largest absolute Gasteiger partial charge is 0.507 e. The van der Waals surface area contributed by atoms with Gasteiger partial charge in [0.2, 0.25) is 0 Å². The zero-order chi connectivity index (χ0) is 15.0. The van der Waals surface area contributed by atoms with Crippen LogP contribution in [0.25, 0.3) is 16.9 Å². The Hall–Kier alpha value is -1.98. The van der Waals surface area contributed by atoms with Gasteiger partial charge in [-0.15, -0.1) is 0 Å². The first-order valence-electron chi connectivity index (χ1n) is 6.08. The van der Waals surface area contributed by atoms with Crippen LogP contribution in [0.1, 0.15) is 0 Å². The van der Waals surface area contributed by atoms with Gasteiger partial charge >= 0.3 is 0 Å². The van der Waals surface area contributed by atoms with Crippen LogP contribution >= 0.6 is 27.5 Å². The van der Waals surface area contributed by atoms with Gasteiger partial charge in [-0.3, -0.25) is 0 Å². The highest BCUT2D eigenvalue weighted by molar-refractivity contribution is 9.10. The number of phenols is 2. The van der Waals surface area contributed by atoms with Gasteiger partial charge in [-0.1, -0.05) is 23.7 Å². The molecule has 2 N–H and O–H groups in total. The SMILES string of the molecule is Oc1cc(O)c(-c2ccnn2-c2ccccc2Cl)cc1Br. The van der Waals surface area contributed by atoms with Crippen molar-refractivity contribution in [1.29, 1.82) is 0 Å². The Balaban J connectivity index is 2.21. The van der Waals surface area contributed by atoms with E-state index in [0.717, 1.165) is 0 Å². The second kappa shape index (κ2) is 5.42. The maximum atomic E-state index is 10.1. The summed E-state index contributed by atoms with van der Waals surface area (Å²) >= 11 is 9.44. The number of halogens is 2. The molecule has 0 aliphatic rings. The van der Waals surface area contributed by atoms with Crippen LogP contribution in [0, 0.1) is 0 Å². The number of aromatic nitrogens is 2. The van der Waals surface area contributed by atoms with Crippen molar-refractivity contribution in [1.82, 2.24) is 9.78 Å². The molecule has 0 aliphatic carbocycles. The lowest BCUT2D eigenvalue weighted by molar-refractivity contribution is 0.449. The van der Waals surface area contributed by atoms with Crippen LogP contribution in [-0.2, 0) is 0 Å². The smallest absolute Gasteiger partial charge is 0.133 e. The molecule has 106 valence electrons. The third-order valence-electron chi connectivity index (χ3n) is 3.06. The topological polar surface area (TPSA) is 58.3 Å². The Bertz CT molecular complexity index is 817. The minimum atomic E-state index is -0.0375. The fourth-order valence-electron chi connectivity index (χ4n) is 2.08. The zero-order valence-corrected chi connectivity index (χ0v) is 13.0. The summed E-state index contributed by atoms with van der Waals surface area (Å²) in [5, 5.41) is 24.5. The molecule has 0 bridgehead atoms. The molecule has 0 atom stereocenters. The summed E-state index contributed by atoms with van der Waals surface area (Å²) in [6, 6.07) is 12.0. The van der Waals surface area contributed by atoms with Crippen LogP contribution in [0.2, 0.25) is 5.02 Å². The van der Waals surface area contributed by atoms with Gasteiger partial charge in [0.15, 0.2) is 0 Å². The minimum absolute atomic E-state index is 0.0277. The van der Waals surface area contributed by atoms with E-state index in [1.807, 2.05) is 18.2 Å². The fraction of sp³-hybridized carbons (Fsp3) is 0. The maximum Gasteiger partial charge on any atom is 0.133 e. The number of rotatable bonds is 2. The number of phenolic OH excluding ortho intramolecular Hbond substituents is 2. The van der Waals surface area contributed by atoms with Crippen LogP contribution in [0.5, 0.6) is 11.5 Å². The number of para-hydroxylation sites is 1. The molecular formula is C15H10BrClN2O2. The molecule has 0 saturated heterocycles. The molecule has 0 spiro atoms. The molecule has 21 heavy (non-hydrogen) atoms. The van der Waals surface area contributed by atoms with E-state index in [-0.39, 0.29) is 11.5 Å². The van der Waals surface area contributed by atoms with Gasteiger partial charge in [-0.25, -0.2) is 4.68 Å². The lowest BCUT2D eigenvalue weighted by Crippen LogP contribution is -1.99. The van der Waals surface area contributed by atoms with E-state index in [9.17, 15) is 10.2 Å². The fourth-order valence-corrected chi connectivity index (χ4v) is 2.64. The standard InChI is InChI=1S/C15H10BrClN2O2/c16-10-7-9(14(20)8-15(10)21)12-5-6-18-19(12)13-4-2-1-3-11(13)17/h1-8,20-21H. The lowest BCUT2D eigenvalue weighted by Gasteiger charge is -2.11. The van der Waals surface area contributed by atoms with Crippen molar-refractivity contribution in [3.63, 3.8) is 0 Å². The summed E-state index contributed by atoms with van der Waals surface area (Å²) in [4.78, 5) is 0. The van der Waals surface area contributed by atoms with Crippen molar-refractivity contribution in [2.45, 2.75) is 0 Å². The molecule has 3 aromatic rings. The van der Waals surface area contributed by atoms with Crippen molar-refractivity contribution in [2.75, 3.05) is 0 Å². The van der Waals surface area contributed by atoms with Crippen molar-refractivity contribution in [3.05, 3.63) is 58.2 Å². The quantitative estimate of drug-likeness (QED) is 0.709. The van der Waals surface area contributed by atoms with Crippen LogP contribution in [0.4, 0.5) is 0 Å². The summed E-state index contributed by atoms with van der Waals surface area (Å²) in [5.41, 5.74) is 1.92. The summed E-state index contributed by atoms with van der Waals surface area (Å²) in [6.07, 6.45) is 1.62. The summed E-state index contributed by atoms with van der Waals surface area (Å²) in [6.45, 7) is 0. The number of hydrogen-bond acceptors (Lipinski definition) is 3. The van der Waals surface area contributed by atoms with Gasteiger partial charge in [0.05, 0.1) is 27.1 Å². The molecule has 0 unspecified atom stereocenters. The van der Waals surface area contributed by atoms with E-state index < -0.39 is 0 Å². The Kier molecular flexibility index (Phi) is 3.61. The number of benzene rings is 2. The Labute approximate surface area is 134 Å². The van der Waals surface area contributed by atoms with Gasteiger partial charge in [-0.05, 0) is 40.2 Å². The molecule has 4 nitrogen and oxygen atoms in total. The Morgan fingerprint density at radius 2 is 1.81 bits per heavy atom. The second-order valence-electron chi connectivity index (χ2n) is 4.40. The molecule has 1 heterocycles. The molecule has 0 fully saturated rings. The molecule has 2 aromatic carbocycles. The van der Waals surface area contributed by atoms with Crippen LogP contribution < -0.4 is 0 Å².